The van der Waals surface area contributed by atoms with Gasteiger partial charge in [0.05, 0.1) is 5.69 Å². The maximum atomic E-state index is 13.5. The summed E-state index contributed by atoms with van der Waals surface area (Å²) in [6.45, 7) is 4.51. The van der Waals surface area contributed by atoms with Crippen molar-refractivity contribution in [2.24, 2.45) is 0 Å². The molecule has 1 fully saturated rings. The highest BCUT2D eigenvalue weighted by Gasteiger charge is 2.24. The Morgan fingerprint density at radius 2 is 2.00 bits per heavy atom. The number of aromatic nitrogens is 5. The number of anilines is 1. The Balaban J connectivity index is 1.65. The van der Waals surface area contributed by atoms with Crippen molar-refractivity contribution in [2.75, 3.05) is 31.1 Å². The van der Waals surface area contributed by atoms with Crippen LogP contribution in [0.25, 0.3) is 16.9 Å². The first-order chi connectivity index (χ1) is 12.7. The van der Waals surface area contributed by atoms with Gasteiger partial charge in [0.1, 0.15) is 12.1 Å². The van der Waals surface area contributed by atoms with Crippen LogP contribution in [0, 0.1) is 5.82 Å². The van der Waals surface area contributed by atoms with Gasteiger partial charge in [-0.15, -0.1) is 5.10 Å². The highest BCUT2D eigenvalue weighted by Crippen LogP contribution is 2.23. The molecule has 0 atom stereocenters. The fraction of sp³-hybridized carbons (Fsp3) is 0.353. The monoisotopic (exact) mass is 355 g/mol. The van der Waals surface area contributed by atoms with Crippen LogP contribution >= 0.6 is 0 Å². The normalized spacial score (nSPS) is 14.8. The quantitative estimate of drug-likeness (QED) is 0.707. The molecule has 1 saturated heterocycles. The minimum atomic E-state index is -0.350. The predicted octanol–water partition coefficient (Wildman–Crippen LogP) is 1.41. The Labute approximate surface area is 149 Å². The van der Waals surface area contributed by atoms with E-state index in [1.165, 1.54) is 23.1 Å². The van der Waals surface area contributed by atoms with Crippen LogP contribution in [0.3, 0.4) is 0 Å². The van der Waals surface area contributed by atoms with Gasteiger partial charge in [-0.05, 0) is 18.2 Å². The number of hydrogen-bond acceptors (Lipinski definition) is 6. The van der Waals surface area contributed by atoms with Crippen LogP contribution in [0.2, 0.25) is 0 Å². The van der Waals surface area contributed by atoms with Gasteiger partial charge in [-0.3, -0.25) is 4.79 Å². The second-order valence-electron chi connectivity index (χ2n) is 6.07. The lowest BCUT2D eigenvalue weighted by Crippen LogP contribution is -2.49. The van der Waals surface area contributed by atoms with E-state index < -0.39 is 0 Å². The number of carbonyl (C=O) groups excluding carboxylic acids is 1. The molecule has 26 heavy (non-hydrogen) atoms. The highest BCUT2D eigenvalue weighted by atomic mass is 19.1. The molecule has 8 nitrogen and oxygen atoms in total. The van der Waals surface area contributed by atoms with Crippen molar-refractivity contribution in [2.45, 2.75) is 13.3 Å². The summed E-state index contributed by atoms with van der Waals surface area (Å²) in [6, 6.07) is 6.11. The number of amides is 1. The number of hydrogen-bond donors (Lipinski definition) is 0. The van der Waals surface area contributed by atoms with Crippen molar-refractivity contribution in [1.82, 2.24) is 29.9 Å². The predicted molar refractivity (Wildman–Crippen MR) is 93.5 cm³/mol. The number of piperazine rings is 1. The number of nitrogens with zero attached hydrogens (tertiary/aromatic N) is 7. The fourth-order valence-electron chi connectivity index (χ4n) is 3.14. The van der Waals surface area contributed by atoms with Crippen molar-refractivity contribution >= 4 is 22.9 Å². The summed E-state index contributed by atoms with van der Waals surface area (Å²) in [5.41, 5.74) is 1.63. The smallest absolute Gasteiger partial charge is 0.222 e. The molecule has 1 aliphatic rings. The number of rotatable bonds is 3. The summed E-state index contributed by atoms with van der Waals surface area (Å²) in [4.78, 5) is 24.4. The molecular formula is C17H18FN7O. The SMILES string of the molecule is CCC(=O)N1CCN(c2ncnc3c2nnn3-c2cccc(F)c2)CC1. The molecule has 0 saturated carbocycles. The van der Waals surface area contributed by atoms with E-state index in [2.05, 4.69) is 25.2 Å². The topological polar surface area (TPSA) is 80.0 Å². The highest BCUT2D eigenvalue weighted by molar-refractivity contribution is 5.84. The molecule has 134 valence electrons. The van der Waals surface area contributed by atoms with Crippen molar-refractivity contribution < 1.29 is 9.18 Å². The molecule has 1 amide bonds. The van der Waals surface area contributed by atoms with Gasteiger partial charge >= 0.3 is 0 Å². The lowest BCUT2D eigenvalue weighted by molar-refractivity contribution is -0.131. The van der Waals surface area contributed by atoms with Crippen molar-refractivity contribution in [3.63, 3.8) is 0 Å². The van der Waals surface area contributed by atoms with Crippen LogP contribution in [0.15, 0.2) is 30.6 Å². The molecule has 0 aliphatic carbocycles. The number of fused-ring (bicyclic) bond motifs is 1. The van der Waals surface area contributed by atoms with Crippen LogP contribution in [0.1, 0.15) is 13.3 Å². The van der Waals surface area contributed by atoms with E-state index in [0.29, 0.717) is 55.3 Å². The first-order valence-electron chi connectivity index (χ1n) is 8.52. The molecule has 0 bridgehead atoms. The number of benzene rings is 1. The van der Waals surface area contributed by atoms with Crippen molar-refractivity contribution in [1.29, 1.82) is 0 Å². The van der Waals surface area contributed by atoms with Gasteiger partial charge in [-0.25, -0.2) is 14.4 Å². The summed E-state index contributed by atoms with van der Waals surface area (Å²) in [6.07, 6.45) is 1.97. The van der Waals surface area contributed by atoms with E-state index >= 15 is 0 Å². The third kappa shape index (κ3) is 2.85. The average Bonchev–Trinajstić information content (AvgIpc) is 3.12. The van der Waals surface area contributed by atoms with Crippen molar-refractivity contribution in [3.8, 4) is 5.69 Å². The zero-order valence-electron chi connectivity index (χ0n) is 14.3. The largest absolute Gasteiger partial charge is 0.351 e. The molecule has 9 heteroatoms. The van der Waals surface area contributed by atoms with Crippen LogP contribution in [0.5, 0.6) is 0 Å². The molecule has 0 unspecified atom stereocenters. The van der Waals surface area contributed by atoms with Gasteiger partial charge in [0, 0.05) is 32.6 Å². The first kappa shape index (κ1) is 16.4. The molecule has 0 spiro atoms. The number of halogens is 1. The minimum Gasteiger partial charge on any atom is -0.351 e. The molecule has 3 heterocycles. The second-order valence-corrected chi connectivity index (χ2v) is 6.07. The molecular weight excluding hydrogens is 337 g/mol. The maximum absolute atomic E-state index is 13.5. The van der Waals surface area contributed by atoms with E-state index in [-0.39, 0.29) is 11.7 Å². The standard InChI is InChI=1S/C17H18FN7O/c1-2-14(26)23-6-8-24(9-7-23)16-15-17(20-11-19-16)25(22-21-15)13-5-3-4-12(18)10-13/h3-5,10-11H,2,6-9H2,1H3. The van der Waals surface area contributed by atoms with Crippen molar-refractivity contribution in [3.05, 3.63) is 36.4 Å². The molecule has 2 aromatic heterocycles. The molecule has 1 aliphatic heterocycles. The van der Waals surface area contributed by atoms with Gasteiger partial charge in [-0.1, -0.05) is 18.2 Å². The molecule has 0 radical (unpaired) electrons. The van der Waals surface area contributed by atoms with Crippen LogP contribution < -0.4 is 4.90 Å². The third-order valence-corrected chi connectivity index (χ3v) is 4.51. The Morgan fingerprint density at radius 3 is 2.73 bits per heavy atom. The van der Waals surface area contributed by atoms with Crippen LogP contribution in [0.4, 0.5) is 10.2 Å². The molecule has 3 aromatic rings. The summed E-state index contributed by atoms with van der Waals surface area (Å²) in [7, 11) is 0. The number of carbonyl (C=O) groups is 1. The van der Waals surface area contributed by atoms with E-state index in [1.54, 1.807) is 12.1 Å². The second kappa shape index (κ2) is 6.66. The lowest BCUT2D eigenvalue weighted by Gasteiger charge is -2.35. The van der Waals surface area contributed by atoms with Gasteiger partial charge in [-0.2, -0.15) is 4.68 Å². The maximum Gasteiger partial charge on any atom is 0.222 e. The lowest BCUT2D eigenvalue weighted by atomic mass is 10.2. The Morgan fingerprint density at radius 1 is 1.19 bits per heavy atom. The van der Waals surface area contributed by atoms with Crippen LogP contribution in [-0.2, 0) is 4.79 Å². The molecule has 0 N–H and O–H groups in total. The molecule has 1 aromatic carbocycles. The first-order valence-corrected chi connectivity index (χ1v) is 8.52. The van der Waals surface area contributed by atoms with Crippen LogP contribution in [-0.4, -0.2) is 61.9 Å². The zero-order valence-corrected chi connectivity index (χ0v) is 14.3. The summed E-state index contributed by atoms with van der Waals surface area (Å²) in [5.74, 6) is 0.493. The van der Waals surface area contributed by atoms with Gasteiger partial charge in [0.15, 0.2) is 17.0 Å². The average molecular weight is 355 g/mol. The van der Waals surface area contributed by atoms with E-state index in [1.807, 2.05) is 11.8 Å². The molecule has 4 rings (SSSR count). The van der Waals surface area contributed by atoms with E-state index in [9.17, 15) is 9.18 Å². The Bertz CT molecular complexity index is 949. The third-order valence-electron chi connectivity index (χ3n) is 4.51. The summed E-state index contributed by atoms with van der Waals surface area (Å²) < 4.78 is 15.0. The fourth-order valence-corrected chi connectivity index (χ4v) is 3.14. The summed E-state index contributed by atoms with van der Waals surface area (Å²) >= 11 is 0. The summed E-state index contributed by atoms with van der Waals surface area (Å²) in [5, 5.41) is 8.34. The Kier molecular flexibility index (Phi) is 4.19. The van der Waals surface area contributed by atoms with E-state index in [0.717, 1.165) is 0 Å². The zero-order chi connectivity index (χ0) is 18.1. The van der Waals surface area contributed by atoms with Gasteiger partial charge in [0.2, 0.25) is 5.91 Å². The van der Waals surface area contributed by atoms with Gasteiger partial charge < -0.3 is 9.80 Å². The van der Waals surface area contributed by atoms with E-state index in [4.69, 9.17) is 0 Å². The Hall–Kier alpha value is -3.10. The van der Waals surface area contributed by atoms with Gasteiger partial charge in [0.25, 0.3) is 0 Å². The minimum absolute atomic E-state index is 0.162.